The molecule has 0 atom stereocenters. The van der Waals surface area contributed by atoms with Crippen LogP contribution in [0, 0.1) is 0 Å². The molecule has 3 heterocycles. The lowest BCUT2D eigenvalue weighted by Gasteiger charge is -2.27. The number of carbonyl (C=O) groups is 1. The number of hydrogen-bond acceptors (Lipinski definition) is 6. The minimum atomic E-state index is -0.179. The van der Waals surface area contributed by atoms with Gasteiger partial charge in [0.25, 0.3) is 5.91 Å². The van der Waals surface area contributed by atoms with E-state index in [0.717, 1.165) is 64.3 Å². The van der Waals surface area contributed by atoms with Gasteiger partial charge in [0.15, 0.2) is 5.69 Å². The highest BCUT2D eigenvalue weighted by Crippen LogP contribution is 2.17. The quantitative estimate of drug-likeness (QED) is 0.689. The van der Waals surface area contributed by atoms with Crippen molar-refractivity contribution in [1.29, 1.82) is 0 Å². The number of aromatic nitrogens is 3. The molecule has 4 rings (SSSR count). The van der Waals surface area contributed by atoms with Crippen molar-refractivity contribution in [1.82, 2.24) is 30.5 Å². The summed E-state index contributed by atoms with van der Waals surface area (Å²) in [6.45, 7) is 6.77. The predicted molar refractivity (Wildman–Crippen MR) is 119 cm³/mol. The standard InChI is InChI=1S/C20H28N6O2.2ClH/c27-20(19-15-26(24-23-19)18-5-7-21-8-6-18)22-13-16-3-1-2-4-17(16)14-25-9-11-28-12-10-25;;/h1-4,15,18,21H,5-14H2,(H,22,27);2*1H. The molecule has 0 saturated carbocycles. The average molecular weight is 457 g/mol. The van der Waals surface area contributed by atoms with E-state index in [4.69, 9.17) is 4.74 Å². The van der Waals surface area contributed by atoms with Crippen molar-refractivity contribution in [3.63, 3.8) is 0 Å². The van der Waals surface area contributed by atoms with Gasteiger partial charge >= 0.3 is 0 Å². The van der Waals surface area contributed by atoms with Crippen molar-refractivity contribution in [3.05, 3.63) is 47.3 Å². The minimum absolute atomic E-state index is 0. The lowest BCUT2D eigenvalue weighted by atomic mass is 10.1. The summed E-state index contributed by atoms with van der Waals surface area (Å²) in [7, 11) is 0. The number of carbonyl (C=O) groups excluding carboxylic acids is 1. The number of halogens is 2. The van der Waals surface area contributed by atoms with Crippen LogP contribution in [0.25, 0.3) is 0 Å². The monoisotopic (exact) mass is 456 g/mol. The zero-order valence-electron chi connectivity index (χ0n) is 17.0. The van der Waals surface area contributed by atoms with Gasteiger partial charge in [0.1, 0.15) is 0 Å². The maximum Gasteiger partial charge on any atom is 0.273 e. The second-order valence-corrected chi connectivity index (χ2v) is 7.40. The fourth-order valence-corrected chi connectivity index (χ4v) is 3.78. The molecule has 10 heteroatoms. The van der Waals surface area contributed by atoms with Gasteiger partial charge in [-0.15, -0.1) is 29.9 Å². The molecule has 2 saturated heterocycles. The molecule has 0 aliphatic carbocycles. The molecule has 30 heavy (non-hydrogen) atoms. The number of ether oxygens (including phenoxy) is 1. The Balaban J connectivity index is 0.00000160. The van der Waals surface area contributed by atoms with Crippen LogP contribution in [0.3, 0.4) is 0 Å². The summed E-state index contributed by atoms with van der Waals surface area (Å²) in [5.74, 6) is -0.179. The smallest absolute Gasteiger partial charge is 0.273 e. The SMILES string of the molecule is Cl.Cl.O=C(NCc1ccccc1CN1CCOCC1)c1cn(C2CCNCC2)nn1. The summed E-state index contributed by atoms with van der Waals surface area (Å²) < 4.78 is 7.26. The molecular formula is C20H30Cl2N6O2. The number of hydrogen-bond donors (Lipinski definition) is 2. The number of benzene rings is 1. The van der Waals surface area contributed by atoms with Gasteiger partial charge in [0.05, 0.1) is 25.5 Å². The molecule has 2 aliphatic heterocycles. The molecule has 0 bridgehead atoms. The van der Waals surface area contributed by atoms with Gasteiger partial charge in [-0.1, -0.05) is 29.5 Å². The van der Waals surface area contributed by atoms with E-state index < -0.39 is 0 Å². The van der Waals surface area contributed by atoms with E-state index in [-0.39, 0.29) is 30.7 Å². The summed E-state index contributed by atoms with van der Waals surface area (Å²) in [5.41, 5.74) is 2.75. The first-order chi connectivity index (χ1) is 13.8. The highest BCUT2D eigenvalue weighted by Gasteiger charge is 2.19. The number of nitrogens with one attached hydrogen (secondary N) is 2. The van der Waals surface area contributed by atoms with Crippen LogP contribution in [-0.2, 0) is 17.8 Å². The highest BCUT2D eigenvalue weighted by molar-refractivity contribution is 5.91. The summed E-state index contributed by atoms with van der Waals surface area (Å²) in [5, 5.41) is 14.6. The van der Waals surface area contributed by atoms with Crippen LogP contribution in [0.5, 0.6) is 0 Å². The second kappa shape index (κ2) is 12.2. The van der Waals surface area contributed by atoms with Gasteiger partial charge in [0.2, 0.25) is 0 Å². The van der Waals surface area contributed by atoms with Crippen LogP contribution in [0.4, 0.5) is 0 Å². The van der Waals surface area contributed by atoms with Gasteiger partial charge in [-0.25, -0.2) is 4.68 Å². The van der Waals surface area contributed by atoms with Crippen molar-refractivity contribution < 1.29 is 9.53 Å². The third-order valence-electron chi connectivity index (χ3n) is 5.48. The highest BCUT2D eigenvalue weighted by atomic mass is 35.5. The Morgan fingerprint density at radius 2 is 1.83 bits per heavy atom. The van der Waals surface area contributed by atoms with Crippen molar-refractivity contribution >= 4 is 30.7 Å². The zero-order chi connectivity index (χ0) is 19.2. The van der Waals surface area contributed by atoms with Crippen molar-refractivity contribution in [2.75, 3.05) is 39.4 Å². The molecule has 0 spiro atoms. The summed E-state index contributed by atoms with van der Waals surface area (Å²) in [4.78, 5) is 14.9. The third-order valence-corrected chi connectivity index (χ3v) is 5.48. The fourth-order valence-electron chi connectivity index (χ4n) is 3.78. The third kappa shape index (κ3) is 6.39. The maximum atomic E-state index is 12.5. The Kier molecular flexibility index (Phi) is 10.0. The van der Waals surface area contributed by atoms with Crippen LogP contribution < -0.4 is 10.6 Å². The van der Waals surface area contributed by atoms with Gasteiger partial charge in [-0.3, -0.25) is 9.69 Å². The first-order valence-electron chi connectivity index (χ1n) is 10.1. The maximum absolute atomic E-state index is 12.5. The topological polar surface area (TPSA) is 84.3 Å². The molecule has 2 N–H and O–H groups in total. The summed E-state index contributed by atoms with van der Waals surface area (Å²) in [6, 6.07) is 8.58. The number of nitrogens with zero attached hydrogens (tertiary/aromatic N) is 4. The van der Waals surface area contributed by atoms with E-state index in [2.05, 4.69) is 38.0 Å². The Hall–Kier alpha value is -1.71. The minimum Gasteiger partial charge on any atom is -0.379 e. The molecule has 2 aromatic rings. The van der Waals surface area contributed by atoms with Gasteiger partial charge in [-0.2, -0.15) is 0 Å². The Morgan fingerprint density at radius 1 is 1.13 bits per heavy atom. The molecule has 0 unspecified atom stereocenters. The lowest BCUT2D eigenvalue weighted by molar-refractivity contribution is 0.0340. The van der Waals surface area contributed by atoms with Gasteiger partial charge in [-0.05, 0) is 37.1 Å². The normalized spacial score (nSPS) is 17.6. The van der Waals surface area contributed by atoms with E-state index >= 15 is 0 Å². The first-order valence-corrected chi connectivity index (χ1v) is 10.1. The van der Waals surface area contributed by atoms with Crippen LogP contribution in [0.2, 0.25) is 0 Å². The van der Waals surface area contributed by atoms with Crippen molar-refractivity contribution in [2.45, 2.75) is 32.0 Å². The van der Waals surface area contributed by atoms with Gasteiger partial charge in [0, 0.05) is 26.2 Å². The largest absolute Gasteiger partial charge is 0.379 e. The van der Waals surface area contributed by atoms with E-state index in [1.54, 1.807) is 6.20 Å². The molecule has 1 amide bonds. The number of rotatable bonds is 6. The average Bonchev–Trinajstić information content (AvgIpc) is 3.25. The molecule has 8 nitrogen and oxygen atoms in total. The molecule has 166 valence electrons. The molecular weight excluding hydrogens is 427 g/mol. The van der Waals surface area contributed by atoms with Crippen molar-refractivity contribution in [2.24, 2.45) is 0 Å². The lowest BCUT2D eigenvalue weighted by Crippen LogP contribution is -2.36. The number of amides is 1. The summed E-state index contributed by atoms with van der Waals surface area (Å²) in [6.07, 6.45) is 3.80. The first kappa shape index (κ1) is 24.6. The second-order valence-electron chi connectivity index (χ2n) is 7.40. The number of morpholine rings is 1. The van der Waals surface area contributed by atoms with E-state index in [1.165, 1.54) is 5.56 Å². The van der Waals surface area contributed by atoms with Crippen LogP contribution in [0.1, 0.15) is 40.5 Å². The van der Waals surface area contributed by atoms with E-state index in [1.807, 2.05) is 16.8 Å². The van der Waals surface area contributed by atoms with Crippen LogP contribution >= 0.6 is 24.8 Å². The summed E-state index contributed by atoms with van der Waals surface area (Å²) >= 11 is 0. The van der Waals surface area contributed by atoms with Crippen molar-refractivity contribution in [3.8, 4) is 0 Å². The van der Waals surface area contributed by atoms with Crippen LogP contribution in [0.15, 0.2) is 30.5 Å². The van der Waals surface area contributed by atoms with Gasteiger partial charge < -0.3 is 15.4 Å². The molecule has 2 aliphatic rings. The predicted octanol–water partition coefficient (Wildman–Crippen LogP) is 1.81. The molecule has 0 radical (unpaired) electrons. The number of piperidine rings is 1. The Labute approximate surface area is 189 Å². The van der Waals surface area contributed by atoms with E-state index in [9.17, 15) is 4.79 Å². The molecule has 2 fully saturated rings. The zero-order valence-corrected chi connectivity index (χ0v) is 18.6. The van der Waals surface area contributed by atoms with E-state index in [0.29, 0.717) is 18.3 Å². The fraction of sp³-hybridized carbons (Fsp3) is 0.550. The molecule has 1 aromatic carbocycles. The van der Waals surface area contributed by atoms with Crippen LogP contribution in [-0.4, -0.2) is 65.2 Å². The Morgan fingerprint density at radius 3 is 2.57 bits per heavy atom. The Bertz CT molecular complexity index is 791. The molecule has 1 aromatic heterocycles.